The van der Waals surface area contributed by atoms with Gasteiger partial charge in [-0.2, -0.15) is 4.98 Å². The molecule has 10 nitrogen and oxygen atoms in total. The quantitative estimate of drug-likeness (QED) is 0.318. The van der Waals surface area contributed by atoms with Crippen LogP contribution in [0.1, 0.15) is 22.7 Å². The average Bonchev–Trinajstić information content (AvgIpc) is 2.93. The van der Waals surface area contributed by atoms with Gasteiger partial charge in [-0.15, -0.1) is 6.58 Å². The molecule has 0 aliphatic rings. The molecule has 4 rings (SSSR count). The van der Waals surface area contributed by atoms with Gasteiger partial charge < -0.3 is 20.5 Å². The van der Waals surface area contributed by atoms with Gasteiger partial charge in [0.25, 0.3) is 0 Å². The van der Waals surface area contributed by atoms with Crippen LogP contribution in [0.15, 0.2) is 89.1 Å². The number of nitrogens with two attached hydrogens (primary N) is 1. The van der Waals surface area contributed by atoms with Crippen LogP contribution < -0.4 is 31.9 Å². The van der Waals surface area contributed by atoms with Crippen molar-refractivity contribution in [3.8, 4) is 11.5 Å². The molecular formula is C27H28N6O4. The minimum absolute atomic E-state index is 0.114. The molecule has 0 aliphatic carbocycles. The summed E-state index contributed by atoms with van der Waals surface area (Å²) in [5, 5.41) is 3.09. The monoisotopic (exact) mass is 500 g/mol. The Morgan fingerprint density at radius 3 is 2.27 bits per heavy atom. The van der Waals surface area contributed by atoms with Gasteiger partial charge in [-0.25, -0.2) is 19.1 Å². The normalized spacial score (nSPS) is 11.5. The molecule has 0 saturated carbocycles. The van der Waals surface area contributed by atoms with E-state index in [1.54, 1.807) is 68.9 Å². The zero-order valence-corrected chi connectivity index (χ0v) is 20.6. The van der Waals surface area contributed by atoms with Crippen molar-refractivity contribution in [1.29, 1.82) is 0 Å². The maximum atomic E-state index is 13.8. The van der Waals surface area contributed by atoms with Crippen molar-refractivity contribution in [2.24, 2.45) is 0 Å². The minimum atomic E-state index is -0.733. The number of nitrogens with one attached hydrogen (secondary N) is 1. The Morgan fingerprint density at radius 2 is 1.68 bits per heavy atom. The van der Waals surface area contributed by atoms with Crippen molar-refractivity contribution in [1.82, 2.24) is 19.1 Å². The van der Waals surface area contributed by atoms with Crippen molar-refractivity contribution in [2.45, 2.75) is 19.1 Å². The molecule has 0 fully saturated rings. The van der Waals surface area contributed by atoms with Crippen molar-refractivity contribution >= 4 is 11.8 Å². The lowest BCUT2D eigenvalue weighted by Gasteiger charge is -2.20. The van der Waals surface area contributed by atoms with Gasteiger partial charge in [0, 0.05) is 18.3 Å². The van der Waals surface area contributed by atoms with Gasteiger partial charge in [0.2, 0.25) is 5.95 Å². The van der Waals surface area contributed by atoms with E-state index in [2.05, 4.69) is 21.9 Å². The van der Waals surface area contributed by atoms with Crippen LogP contribution in [0, 0.1) is 0 Å². The molecule has 4 aromatic rings. The van der Waals surface area contributed by atoms with Gasteiger partial charge in [0.05, 0.1) is 26.8 Å². The molecule has 0 amide bonds. The first kappa shape index (κ1) is 25.2. The maximum Gasteiger partial charge on any atom is 0.355 e. The molecule has 2 aromatic carbocycles. The van der Waals surface area contributed by atoms with Gasteiger partial charge in [0.1, 0.15) is 17.3 Å². The number of ether oxygens (including phenoxy) is 2. The number of hydrogen-bond donors (Lipinski definition) is 2. The Hall–Kier alpha value is -4.86. The van der Waals surface area contributed by atoms with Crippen molar-refractivity contribution < 1.29 is 9.47 Å². The zero-order chi connectivity index (χ0) is 26.4. The number of hydrogen-bond acceptors (Lipinski definition) is 8. The Labute approximate surface area is 213 Å². The molecule has 3 N–H and O–H groups in total. The van der Waals surface area contributed by atoms with E-state index in [-0.39, 0.29) is 19.0 Å². The standard InChI is InChI=1S/C27H28N6O4/c1-4-23(19-9-13-22(37-3)14-10-19)33-26(34)31-25(30-16-20-6-5-15-29-24(20)28)32(27(33)35)17-18-7-11-21(36-2)12-8-18/h4-15,23H,1,16-17H2,2-3H3,(H2,28,29)(H,30,31,34). The summed E-state index contributed by atoms with van der Waals surface area (Å²) in [6, 6.07) is 17.2. The van der Waals surface area contributed by atoms with Gasteiger partial charge in [-0.05, 0) is 41.5 Å². The average molecular weight is 501 g/mol. The van der Waals surface area contributed by atoms with E-state index in [4.69, 9.17) is 15.2 Å². The molecule has 1 atom stereocenters. The summed E-state index contributed by atoms with van der Waals surface area (Å²) in [5.41, 5.74) is 6.93. The lowest BCUT2D eigenvalue weighted by Crippen LogP contribution is -2.44. The molecular weight excluding hydrogens is 472 g/mol. The summed E-state index contributed by atoms with van der Waals surface area (Å²) in [7, 11) is 3.15. The summed E-state index contributed by atoms with van der Waals surface area (Å²) in [5.74, 6) is 1.81. The highest BCUT2D eigenvalue weighted by Crippen LogP contribution is 2.21. The van der Waals surface area contributed by atoms with E-state index >= 15 is 0 Å². The number of benzene rings is 2. The van der Waals surface area contributed by atoms with Crippen LogP contribution in [0.2, 0.25) is 0 Å². The van der Waals surface area contributed by atoms with Crippen molar-refractivity contribution in [3.63, 3.8) is 0 Å². The van der Waals surface area contributed by atoms with E-state index < -0.39 is 17.4 Å². The molecule has 0 aliphatic heterocycles. The lowest BCUT2D eigenvalue weighted by atomic mass is 10.1. The summed E-state index contributed by atoms with van der Waals surface area (Å²) < 4.78 is 13.0. The van der Waals surface area contributed by atoms with Gasteiger partial charge in [-0.1, -0.05) is 36.4 Å². The second kappa shape index (κ2) is 11.3. The molecule has 0 spiro atoms. The predicted molar refractivity (Wildman–Crippen MR) is 142 cm³/mol. The molecule has 0 saturated heterocycles. The fraction of sp³-hybridized carbons (Fsp3) is 0.185. The third-order valence-corrected chi connectivity index (χ3v) is 5.92. The summed E-state index contributed by atoms with van der Waals surface area (Å²) >= 11 is 0. The number of nitrogens with zero attached hydrogens (tertiary/aromatic N) is 4. The Balaban J connectivity index is 1.79. The second-order valence-corrected chi connectivity index (χ2v) is 8.16. The van der Waals surface area contributed by atoms with Gasteiger partial charge >= 0.3 is 11.4 Å². The molecule has 0 radical (unpaired) electrons. The van der Waals surface area contributed by atoms with Crippen molar-refractivity contribution in [3.05, 3.63) is 117 Å². The number of pyridine rings is 1. The highest BCUT2D eigenvalue weighted by molar-refractivity contribution is 5.41. The first-order chi connectivity index (χ1) is 17.9. The third-order valence-electron chi connectivity index (χ3n) is 5.92. The summed E-state index contributed by atoms with van der Waals surface area (Å²) in [6.07, 6.45) is 3.12. The number of anilines is 2. The largest absolute Gasteiger partial charge is 0.497 e. The van der Waals surface area contributed by atoms with Crippen LogP contribution in [-0.2, 0) is 13.1 Å². The van der Waals surface area contributed by atoms with E-state index in [0.29, 0.717) is 28.4 Å². The zero-order valence-electron chi connectivity index (χ0n) is 20.6. The first-order valence-electron chi connectivity index (χ1n) is 11.5. The Kier molecular flexibility index (Phi) is 7.68. The molecule has 0 bridgehead atoms. The predicted octanol–water partition coefficient (Wildman–Crippen LogP) is 2.84. The Morgan fingerprint density at radius 1 is 1.03 bits per heavy atom. The minimum Gasteiger partial charge on any atom is -0.497 e. The van der Waals surface area contributed by atoms with Crippen molar-refractivity contribution in [2.75, 3.05) is 25.3 Å². The fourth-order valence-electron chi connectivity index (χ4n) is 3.90. The number of aromatic nitrogens is 4. The summed E-state index contributed by atoms with van der Waals surface area (Å²) in [6.45, 7) is 4.25. The summed E-state index contributed by atoms with van der Waals surface area (Å²) in [4.78, 5) is 35.3. The van der Waals surface area contributed by atoms with Crippen LogP contribution in [0.4, 0.5) is 11.8 Å². The van der Waals surface area contributed by atoms with E-state index in [9.17, 15) is 9.59 Å². The van der Waals surface area contributed by atoms with Crippen LogP contribution in [0.25, 0.3) is 0 Å². The SMILES string of the molecule is C=CC(c1ccc(OC)cc1)n1c(=O)nc(NCc2cccnc2N)n(Cc2ccc(OC)cc2)c1=O. The van der Waals surface area contributed by atoms with E-state index in [1.165, 1.54) is 10.6 Å². The van der Waals surface area contributed by atoms with E-state index in [1.807, 2.05) is 12.1 Å². The second-order valence-electron chi connectivity index (χ2n) is 8.16. The molecule has 10 heteroatoms. The fourth-order valence-corrected chi connectivity index (χ4v) is 3.90. The molecule has 1 unspecified atom stereocenters. The smallest absolute Gasteiger partial charge is 0.355 e. The number of nitrogen functional groups attached to an aromatic ring is 1. The number of rotatable bonds is 10. The molecule has 2 heterocycles. The molecule has 37 heavy (non-hydrogen) atoms. The van der Waals surface area contributed by atoms with E-state index in [0.717, 1.165) is 10.1 Å². The van der Waals surface area contributed by atoms with Gasteiger partial charge in [0.15, 0.2) is 0 Å². The van der Waals surface area contributed by atoms with Crippen LogP contribution in [-0.4, -0.2) is 33.3 Å². The highest BCUT2D eigenvalue weighted by atomic mass is 16.5. The lowest BCUT2D eigenvalue weighted by molar-refractivity contribution is 0.414. The highest BCUT2D eigenvalue weighted by Gasteiger charge is 2.20. The van der Waals surface area contributed by atoms with Gasteiger partial charge in [-0.3, -0.25) is 4.57 Å². The Bertz CT molecular complexity index is 1490. The molecule has 190 valence electrons. The van der Waals surface area contributed by atoms with Crippen LogP contribution in [0.5, 0.6) is 11.5 Å². The molecule has 2 aromatic heterocycles. The van der Waals surface area contributed by atoms with Crippen LogP contribution in [0.3, 0.4) is 0 Å². The maximum absolute atomic E-state index is 13.8. The van der Waals surface area contributed by atoms with Crippen LogP contribution >= 0.6 is 0 Å². The first-order valence-corrected chi connectivity index (χ1v) is 11.5. The number of allylic oxidation sites excluding steroid dienone is 1. The number of methoxy groups -OCH3 is 2. The topological polar surface area (TPSA) is 126 Å². The third kappa shape index (κ3) is 5.53.